The molecule has 5 nitrogen and oxygen atoms in total. The van der Waals surface area contributed by atoms with E-state index in [0.717, 1.165) is 6.19 Å². The molecule has 0 spiro atoms. The minimum atomic E-state index is -1.06. The van der Waals surface area contributed by atoms with Gasteiger partial charge in [-0.05, 0) is 6.19 Å². The Morgan fingerprint density at radius 2 is 2.29 bits per heavy atom. The fraction of sp³-hybridized carbons (Fsp3) is 0. The third-order valence-electron chi connectivity index (χ3n) is 0.126. The van der Waals surface area contributed by atoms with Crippen molar-refractivity contribution in [3.05, 3.63) is 15.5 Å². The van der Waals surface area contributed by atoms with E-state index in [4.69, 9.17) is 15.4 Å². The largest absolute Gasteiger partial charge is 1.00 e. The summed E-state index contributed by atoms with van der Waals surface area (Å²) in [4.78, 5) is 9.02. The zero-order valence-corrected chi connectivity index (χ0v) is 4.44. The Kier molecular flexibility index (Phi) is 7.49. The maximum absolute atomic E-state index is 9.02. The van der Waals surface area contributed by atoms with Crippen LogP contribution in [0.25, 0.3) is 5.43 Å². The molecule has 0 saturated carbocycles. The Hall–Kier alpha value is -0.570. The van der Waals surface area contributed by atoms with Crippen LogP contribution in [0.4, 0.5) is 0 Å². The van der Waals surface area contributed by atoms with Gasteiger partial charge in [0.05, 0.1) is 5.03 Å². The first-order chi connectivity index (χ1) is 2.77. The molecule has 0 atom stereocenters. The second-order valence-electron chi connectivity index (χ2n) is 0.438. The van der Waals surface area contributed by atoms with Gasteiger partial charge in [0.25, 0.3) is 0 Å². The second-order valence-corrected chi connectivity index (χ2v) is 0.438. The van der Waals surface area contributed by atoms with Gasteiger partial charge in [-0.15, -0.1) is 0 Å². The molecule has 0 saturated heterocycles. The molecule has 0 aromatic heterocycles. The predicted molar refractivity (Wildman–Crippen MR) is 16.0 cm³/mol. The van der Waals surface area contributed by atoms with E-state index in [1.165, 1.54) is 0 Å². The average molecular weight is 194 g/mol. The van der Waals surface area contributed by atoms with Gasteiger partial charge < -0.3 is 5.26 Å². The molecular formula is CAgN3O2. The molecule has 0 aliphatic carbocycles. The summed E-state index contributed by atoms with van der Waals surface area (Å²) in [6.45, 7) is 0. The molecule has 0 aromatic rings. The van der Waals surface area contributed by atoms with Crippen molar-refractivity contribution in [2.24, 2.45) is 0 Å². The first-order valence-corrected chi connectivity index (χ1v) is 1.01. The van der Waals surface area contributed by atoms with Gasteiger partial charge in [0.15, 0.2) is 0 Å². The van der Waals surface area contributed by atoms with Crippen molar-refractivity contribution in [2.45, 2.75) is 0 Å². The van der Waals surface area contributed by atoms with E-state index in [1.54, 1.807) is 0 Å². The first-order valence-electron chi connectivity index (χ1n) is 1.01. The third kappa shape index (κ3) is 10.8. The first kappa shape index (κ1) is 9.66. The zero-order chi connectivity index (χ0) is 4.99. The van der Waals surface area contributed by atoms with Crippen molar-refractivity contribution in [1.82, 2.24) is 0 Å². The topological polar surface area (TPSA) is 81.0 Å². The molecule has 6 heteroatoms. The summed E-state index contributed by atoms with van der Waals surface area (Å²) in [6, 6.07) is 0. The Morgan fingerprint density at radius 1 is 1.86 bits per heavy atom. The molecule has 0 heterocycles. The normalized spacial score (nSPS) is 5.00. The third-order valence-corrected chi connectivity index (χ3v) is 0.126. The van der Waals surface area contributed by atoms with Crippen molar-refractivity contribution in [3.63, 3.8) is 0 Å². The molecule has 0 aromatic carbocycles. The van der Waals surface area contributed by atoms with Gasteiger partial charge in [-0.2, -0.15) is 0 Å². The predicted octanol–water partition coefficient (Wildman–Crippen LogP) is 0.0304. The van der Waals surface area contributed by atoms with Gasteiger partial charge >= 0.3 is 22.4 Å². The van der Waals surface area contributed by atoms with Crippen molar-refractivity contribution in [1.29, 1.82) is 5.26 Å². The number of hydrogen-bond acceptors (Lipinski definition) is 3. The molecular weight excluding hydrogens is 194 g/mol. The maximum atomic E-state index is 9.02. The molecule has 0 rings (SSSR count). The molecule has 0 unspecified atom stereocenters. The van der Waals surface area contributed by atoms with Gasteiger partial charge in [-0.1, -0.05) is 5.43 Å². The van der Waals surface area contributed by atoms with Crippen LogP contribution in [0.1, 0.15) is 0 Å². The molecule has 0 amide bonds. The Labute approximate surface area is 54.9 Å². The van der Waals surface area contributed by atoms with Crippen LogP contribution in [0, 0.1) is 21.6 Å². The minimum Gasteiger partial charge on any atom is -0.489 e. The van der Waals surface area contributed by atoms with E-state index in [2.05, 4.69) is 5.43 Å². The molecule has 7 heavy (non-hydrogen) atoms. The van der Waals surface area contributed by atoms with Crippen LogP contribution >= 0.6 is 0 Å². The summed E-state index contributed by atoms with van der Waals surface area (Å²) in [5.41, 5.74) is 2.15. The molecule has 0 aliphatic heterocycles. The van der Waals surface area contributed by atoms with Crippen molar-refractivity contribution in [3.8, 4) is 6.19 Å². The molecule has 0 N–H and O–H groups in total. The van der Waals surface area contributed by atoms with Crippen LogP contribution < -0.4 is 0 Å². The average Bonchev–Trinajstić information content (AvgIpc) is 1.35. The van der Waals surface area contributed by atoms with E-state index >= 15 is 0 Å². The standard InChI is InChI=1S/CN3O2.Ag/c2-1-3-4(5)6;/q-1;+1. The summed E-state index contributed by atoms with van der Waals surface area (Å²) in [7, 11) is 0. The van der Waals surface area contributed by atoms with Gasteiger partial charge in [0, 0.05) is 0 Å². The van der Waals surface area contributed by atoms with E-state index in [1.807, 2.05) is 0 Å². The summed E-state index contributed by atoms with van der Waals surface area (Å²) < 4.78 is 0. The van der Waals surface area contributed by atoms with E-state index in [-0.39, 0.29) is 22.4 Å². The number of nitriles is 1. The summed E-state index contributed by atoms with van der Waals surface area (Å²) in [6.07, 6.45) is 0.993. The number of hydrogen-bond donors (Lipinski definition) is 0. The molecule has 0 bridgehead atoms. The van der Waals surface area contributed by atoms with Gasteiger partial charge in [0.2, 0.25) is 0 Å². The molecule has 0 fully saturated rings. The maximum Gasteiger partial charge on any atom is 1.00 e. The monoisotopic (exact) mass is 193 g/mol. The van der Waals surface area contributed by atoms with Crippen molar-refractivity contribution >= 4 is 0 Å². The quantitative estimate of drug-likeness (QED) is 0.255. The summed E-state index contributed by atoms with van der Waals surface area (Å²) >= 11 is 0. The van der Waals surface area contributed by atoms with Crippen LogP contribution in [-0.2, 0) is 22.4 Å². The Bertz CT molecular complexity index is 95.6. The van der Waals surface area contributed by atoms with Crippen LogP contribution in [0.15, 0.2) is 0 Å². The molecule has 42 valence electrons. The molecule has 0 radical (unpaired) electrons. The van der Waals surface area contributed by atoms with E-state index in [9.17, 15) is 0 Å². The van der Waals surface area contributed by atoms with E-state index < -0.39 is 5.03 Å². The molecule has 0 aliphatic rings. The van der Waals surface area contributed by atoms with Crippen LogP contribution in [-0.4, -0.2) is 5.03 Å². The van der Waals surface area contributed by atoms with Gasteiger partial charge in [-0.25, -0.2) is 0 Å². The Morgan fingerprint density at radius 3 is 2.29 bits per heavy atom. The number of nitrogens with zero attached hydrogens (tertiary/aromatic N) is 3. The minimum absolute atomic E-state index is 0. The Balaban J connectivity index is 0. The smallest absolute Gasteiger partial charge is 0.489 e. The van der Waals surface area contributed by atoms with Crippen LogP contribution in [0.2, 0.25) is 0 Å². The van der Waals surface area contributed by atoms with Crippen molar-refractivity contribution < 1.29 is 27.4 Å². The van der Waals surface area contributed by atoms with Crippen LogP contribution in [0.5, 0.6) is 0 Å². The van der Waals surface area contributed by atoms with Gasteiger partial charge in [-0.3, -0.25) is 10.1 Å². The zero-order valence-electron chi connectivity index (χ0n) is 2.96. The van der Waals surface area contributed by atoms with Crippen molar-refractivity contribution in [2.75, 3.05) is 0 Å². The number of rotatable bonds is 1. The fourth-order valence-electron chi connectivity index (χ4n) is 0.0365. The van der Waals surface area contributed by atoms with Crippen LogP contribution in [0.3, 0.4) is 0 Å². The number of nitro groups is 1. The fourth-order valence-corrected chi connectivity index (χ4v) is 0.0365. The summed E-state index contributed by atoms with van der Waals surface area (Å²) in [5.74, 6) is 0. The van der Waals surface area contributed by atoms with E-state index in [0.29, 0.717) is 0 Å². The van der Waals surface area contributed by atoms with Gasteiger partial charge in [0.1, 0.15) is 0 Å². The second kappa shape index (κ2) is 5.43. The summed E-state index contributed by atoms with van der Waals surface area (Å²) in [5, 5.41) is 15.3. The SMILES string of the molecule is N#C[N-][N+](=O)[O-].[Ag+].